The SMILES string of the molecule is CCCCC/C=C\C/C=C\C/C=C\C/C=C\CCCC(=O)O.CCCCCCCCCCCC=CC=CC=CC=C(OO)C(=O)O. The Bertz CT molecular complexity index is 933. The van der Waals surface area contributed by atoms with Gasteiger partial charge in [0.1, 0.15) is 0 Å². The lowest BCUT2D eigenvalue weighted by atomic mass is 10.1. The first-order valence-electron chi connectivity index (χ1n) is 17.6. The van der Waals surface area contributed by atoms with Crippen LogP contribution >= 0.6 is 0 Å². The highest BCUT2D eigenvalue weighted by Crippen LogP contribution is 2.10. The van der Waals surface area contributed by atoms with Crippen LogP contribution in [0.15, 0.2) is 96.9 Å². The third kappa shape index (κ3) is 40.6. The van der Waals surface area contributed by atoms with Gasteiger partial charge in [-0.05, 0) is 63.9 Å². The van der Waals surface area contributed by atoms with Gasteiger partial charge in [0.15, 0.2) is 0 Å². The van der Waals surface area contributed by atoms with Crippen molar-refractivity contribution in [3.8, 4) is 0 Å². The van der Waals surface area contributed by atoms with Gasteiger partial charge in [-0.25, -0.2) is 10.1 Å². The summed E-state index contributed by atoms with van der Waals surface area (Å²) in [6.45, 7) is 4.48. The van der Waals surface area contributed by atoms with Crippen molar-refractivity contribution in [2.75, 3.05) is 0 Å². The number of allylic oxidation sites excluding steroid dienone is 15. The van der Waals surface area contributed by atoms with E-state index >= 15 is 0 Å². The Kier molecular flexibility index (Phi) is 38.6. The van der Waals surface area contributed by atoms with Crippen molar-refractivity contribution in [3.63, 3.8) is 0 Å². The summed E-state index contributed by atoms with van der Waals surface area (Å²) in [5.41, 5.74) is 0. The molecule has 0 saturated carbocycles. The number of unbranched alkanes of at least 4 members (excludes halogenated alkanes) is 13. The van der Waals surface area contributed by atoms with Crippen LogP contribution in [0.4, 0.5) is 0 Å². The maximum Gasteiger partial charge on any atom is 0.375 e. The van der Waals surface area contributed by atoms with Gasteiger partial charge in [-0.2, -0.15) is 0 Å². The fourth-order valence-electron chi connectivity index (χ4n) is 4.16. The Morgan fingerprint density at radius 2 is 0.913 bits per heavy atom. The van der Waals surface area contributed by atoms with Crippen molar-refractivity contribution in [2.45, 2.75) is 142 Å². The molecule has 260 valence electrons. The molecular formula is C40H64O6. The van der Waals surface area contributed by atoms with Crippen LogP contribution in [0, 0.1) is 0 Å². The molecule has 0 aliphatic carbocycles. The van der Waals surface area contributed by atoms with Gasteiger partial charge in [-0.3, -0.25) is 4.79 Å². The fourth-order valence-corrected chi connectivity index (χ4v) is 4.16. The molecule has 0 aliphatic heterocycles. The van der Waals surface area contributed by atoms with Crippen LogP contribution in [0.2, 0.25) is 0 Å². The maximum atomic E-state index is 10.5. The molecule has 0 atom stereocenters. The first-order chi connectivity index (χ1) is 22.5. The minimum absolute atomic E-state index is 0.262. The molecule has 0 amide bonds. The number of hydrogen-bond donors (Lipinski definition) is 3. The second kappa shape index (κ2) is 39.6. The molecular weight excluding hydrogens is 576 g/mol. The minimum atomic E-state index is -1.31. The molecule has 0 rings (SSSR count). The molecule has 6 heteroatoms. The van der Waals surface area contributed by atoms with Gasteiger partial charge < -0.3 is 15.1 Å². The van der Waals surface area contributed by atoms with Gasteiger partial charge in [-0.1, -0.05) is 163 Å². The highest BCUT2D eigenvalue weighted by atomic mass is 17.1. The van der Waals surface area contributed by atoms with Gasteiger partial charge in [0.25, 0.3) is 0 Å². The Morgan fingerprint density at radius 1 is 0.500 bits per heavy atom. The van der Waals surface area contributed by atoms with Crippen LogP contribution in [0.3, 0.4) is 0 Å². The number of carboxylic acid groups (broad SMARTS) is 2. The lowest BCUT2D eigenvalue weighted by molar-refractivity contribution is -0.210. The minimum Gasteiger partial charge on any atom is -0.481 e. The summed E-state index contributed by atoms with van der Waals surface area (Å²) in [5, 5.41) is 25.4. The third-order valence-corrected chi connectivity index (χ3v) is 6.83. The molecule has 0 aromatic heterocycles. The number of carbonyl (C=O) groups is 2. The summed E-state index contributed by atoms with van der Waals surface area (Å²) in [6, 6.07) is 0. The summed E-state index contributed by atoms with van der Waals surface area (Å²) in [5.74, 6) is -2.54. The lowest BCUT2D eigenvalue weighted by Crippen LogP contribution is -2.01. The fraction of sp³-hybridized carbons (Fsp3) is 0.550. The van der Waals surface area contributed by atoms with Crippen LogP contribution < -0.4 is 0 Å². The lowest BCUT2D eigenvalue weighted by Gasteiger charge is -2.00. The Balaban J connectivity index is 0. The zero-order valence-corrected chi connectivity index (χ0v) is 28.9. The summed E-state index contributed by atoms with van der Waals surface area (Å²) in [6.07, 6.45) is 52.6. The second-order valence-electron chi connectivity index (χ2n) is 11.1. The standard InChI is InChI=1S/C20H32O4.C20H32O2/c1-2-3-4-5-6-7-8-9-10-11-12-13-14-15-16-17-18-19(24-23)20(21)22;1-2-3-4-5-6-7-8-9-10-11-12-13-14-15-16-17-18-19-20(21)22/h12-18,23H,2-11H2,1H3,(H,21,22);6-7,9-10,12-13,15-16H,2-5,8,11,14,17-19H2,1H3,(H,21,22)/b;7-6-,10-9-,13-12-,16-15-. The van der Waals surface area contributed by atoms with Crippen molar-refractivity contribution < 1.29 is 29.9 Å². The highest BCUT2D eigenvalue weighted by Gasteiger charge is 2.05. The number of rotatable bonds is 29. The van der Waals surface area contributed by atoms with Crippen molar-refractivity contribution in [3.05, 3.63) is 96.9 Å². The predicted octanol–water partition coefficient (Wildman–Crippen LogP) is 12.3. The van der Waals surface area contributed by atoms with Crippen LogP contribution in [-0.4, -0.2) is 27.4 Å². The van der Waals surface area contributed by atoms with E-state index in [1.165, 1.54) is 95.6 Å². The molecule has 0 aliphatic rings. The molecule has 0 heterocycles. The van der Waals surface area contributed by atoms with E-state index in [0.29, 0.717) is 0 Å². The normalized spacial score (nSPS) is 12.5. The molecule has 0 bridgehead atoms. The Labute approximate surface area is 280 Å². The first-order valence-corrected chi connectivity index (χ1v) is 17.6. The predicted molar refractivity (Wildman–Crippen MR) is 195 cm³/mol. The van der Waals surface area contributed by atoms with Crippen LogP contribution in [-0.2, 0) is 14.5 Å². The Hall–Kier alpha value is -3.38. The van der Waals surface area contributed by atoms with Crippen molar-refractivity contribution in [1.29, 1.82) is 0 Å². The molecule has 46 heavy (non-hydrogen) atoms. The molecule has 0 saturated heterocycles. The van der Waals surface area contributed by atoms with Gasteiger partial charge in [0.2, 0.25) is 5.76 Å². The monoisotopic (exact) mass is 640 g/mol. The van der Waals surface area contributed by atoms with Crippen molar-refractivity contribution in [2.24, 2.45) is 0 Å². The van der Waals surface area contributed by atoms with Gasteiger partial charge in [-0.15, -0.1) is 0 Å². The summed E-state index contributed by atoms with van der Waals surface area (Å²) in [4.78, 5) is 24.5. The molecule has 0 aromatic rings. The number of aliphatic carboxylic acids is 2. The number of carboxylic acids is 2. The summed E-state index contributed by atoms with van der Waals surface area (Å²) >= 11 is 0. The second-order valence-corrected chi connectivity index (χ2v) is 11.1. The van der Waals surface area contributed by atoms with Crippen molar-refractivity contribution in [1.82, 2.24) is 0 Å². The molecule has 0 fully saturated rings. The van der Waals surface area contributed by atoms with Crippen LogP contribution in [0.25, 0.3) is 0 Å². The van der Waals surface area contributed by atoms with Gasteiger partial charge in [0, 0.05) is 6.42 Å². The van der Waals surface area contributed by atoms with E-state index < -0.39 is 17.7 Å². The summed E-state index contributed by atoms with van der Waals surface area (Å²) in [7, 11) is 0. The average Bonchev–Trinajstić information content (AvgIpc) is 3.04. The molecule has 6 nitrogen and oxygen atoms in total. The average molecular weight is 641 g/mol. The van der Waals surface area contributed by atoms with Crippen LogP contribution in [0.1, 0.15) is 142 Å². The molecule has 0 aromatic carbocycles. The van der Waals surface area contributed by atoms with E-state index in [0.717, 1.165) is 38.5 Å². The van der Waals surface area contributed by atoms with E-state index in [4.69, 9.17) is 15.5 Å². The zero-order valence-electron chi connectivity index (χ0n) is 28.9. The van der Waals surface area contributed by atoms with E-state index in [1.54, 1.807) is 12.2 Å². The third-order valence-electron chi connectivity index (χ3n) is 6.83. The van der Waals surface area contributed by atoms with Gasteiger partial charge >= 0.3 is 11.9 Å². The van der Waals surface area contributed by atoms with E-state index in [1.807, 2.05) is 12.2 Å². The van der Waals surface area contributed by atoms with E-state index in [-0.39, 0.29) is 6.42 Å². The quantitative estimate of drug-likeness (QED) is 0.0143. The largest absolute Gasteiger partial charge is 0.481 e. The van der Waals surface area contributed by atoms with Crippen molar-refractivity contribution >= 4 is 11.9 Å². The maximum absolute atomic E-state index is 10.5. The van der Waals surface area contributed by atoms with E-state index in [9.17, 15) is 9.59 Å². The first kappa shape index (κ1) is 44.7. The highest BCUT2D eigenvalue weighted by molar-refractivity contribution is 5.84. The molecule has 0 spiro atoms. The molecule has 0 radical (unpaired) electrons. The Morgan fingerprint density at radius 3 is 1.43 bits per heavy atom. The molecule has 0 unspecified atom stereocenters. The number of hydrogen-bond acceptors (Lipinski definition) is 4. The zero-order chi connectivity index (χ0) is 34.2. The summed E-state index contributed by atoms with van der Waals surface area (Å²) < 4.78 is 0. The van der Waals surface area contributed by atoms with E-state index in [2.05, 4.69) is 73.4 Å². The van der Waals surface area contributed by atoms with Gasteiger partial charge in [0.05, 0.1) is 0 Å². The smallest absolute Gasteiger partial charge is 0.375 e. The topological polar surface area (TPSA) is 104 Å². The van der Waals surface area contributed by atoms with Crippen LogP contribution in [0.5, 0.6) is 0 Å². The molecule has 3 N–H and O–H groups in total.